The lowest BCUT2D eigenvalue weighted by Crippen LogP contribution is -2.29. The first-order valence-electron chi connectivity index (χ1n) is 8.81. The molecule has 1 aromatic heterocycles. The maximum atomic E-state index is 12.9. The second kappa shape index (κ2) is 7.48. The van der Waals surface area contributed by atoms with Gasteiger partial charge in [-0.15, -0.1) is 0 Å². The number of amides is 1. The van der Waals surface area contributed by atoms with E-state index in [1.165, 1.54) is 23.3 Å². The van der Waals surface area contributed by atoms with Gasteiger partial charge in [-0.1, -0.05) is 23.7 Å². The minimum absolute atomic E-state index is 0.0161. The second-order valence-corrected chi connectivity index (χ2v) is 7.04. The number of carbonyl (C=O) groups is 2. The number of carbonyl (C=O) groups excluding carboxylic acids is 2. The predicted molar refractivity (Wildman–Crippen MR) is 106 cm³/mol. The SMILES string of the molecule is O=C1C(=O)N(Cc2ccco2)[C@@H](c2cccc(O)c2)C1=C(O)c1ccc(Cl)cc1. The van der Waals surface area contributed by atoms with E-state index in [1.807, 2.05) is 0 Å². The van der Waals surface area contributed by atoms with E-state index < -0.39 is 17.7 Å². The molecule has 2 heterocycles. The molecule has 0 aliphatic carbocycles. The Morgan fingerprint density at radius 2 is 1.83 bits per heavy atom. The quantitative estimate of drug-likeness (QED) is 0.381. The highest BCUT2D eigenvalue weighted by atomic mass is 35.5. The van der Waals surface area contributed by atoms with Gasteiger partial charge < -0.3 is 19.5 Å². The van der Waals surface area contributed by atoms with E-state index in [-0.39, 0.29) is 23.6 Å². The van der Waals surface area contributed by atoms with Crippen molar-refractivity contribution >= 4 is 29.1 Å². The highest BCUT2D eigenvalue weighted by molar-refractivity contribution is 6.46. The molecule has 1 amide bonds. The van der Waals surface area contributed by atoms with Crippen molar-refractivity contribution in [3.05, 3.63) is 94.4 Å². The minimum Gasteiger partial charge on any atom is -0.508 e. The largest absolute Gasteiger partial charge is 0.508 e. The van der Waals surface area contributed by atoms with E-state index in [9.17, 15) is 19.8 Å². The van der Waals surface area contributed by atoms with Gasteiger partial charge in [0.25, 0.3) is 11.7 Å². The molecule has 6 nitrogen and oxygen atoms in total. The maximum Gasteiger partial charge on any atom is 0.296 e. The van der Waals surface area contributed by atoms with Crippen LogP contribution in [0.1, 0.15) is 22.9 Å². The number of aromatic hydroxyl groups is 1. The number of benzene rings is 2. The Morgan fingerprint density at radius 1 is 1.07 bits per heavy atom. The Labute approximate surface area is 171 Å². The summed E-state index contributed by atoms with van der Waals surface area (Å²) in [7, 11) is 0. The first-order valence-corrected chi connectivity index (χ1v) is 9.19. The average Bonchev–Trinajstić information content (AvgIpc) is 3.30. The molecular formula is C22H16ClNO5. The van der Waals surface area contributed by atoms with Crippen LogP contribution < -0.4 is 0 Å². The first kappa shape index (κ1) is 18.8. The molecule has 1 atom stereocenters. The molecule has 29 heavy (non-hydrogen) atoms. The standard InChI is InChI=1S/C22H16ClNO5/c23-15-8-6-13(7-9-15)20(26)18-19(14-3-1-4-16(25)11-14)24(22(28)21(18)27)12-17-5-2-10-29-17/h1-11,19,25-26H,12H2/t19-/m0/s1. The molecule has 1 aliphatic rings. The van der Waals surface area contributed by atoms with Gasteiger partial charge in [-0.2, -0.15) is 0 Å². The van der Waals surface area contributed by atoms with E-state index in [1.54, 1.807) is 48.5 Å². The lowest BCUT2D eigenvalue weighted by molar-refractivity contribution is -0.140. The highest BCUT2D eigenvalue weighted by Gasteiger charge is 2.46. The summed E-state index contributed by atoms with van der Waals surface area (Å²) in [4.78, 5) is 27.0. The number of phenolic OH excluding ortho intramolecular Hbond substituents is 1. The maximum absolute atomic E-state index is 12.9. The first-order chi connectivity index (χ1) is 14.0. The summed E-state index contributed by atoms with van der Waals surface area (Å²) >= 11 is 5.91. The van der Waals surface area contributed by atoms with Crippen LogP contribution >= 0.6 is 11.6 Å². The van der Waals surface area contributed by atoms with Crippen LogP contribution in [0.15, 0.2) is 76.9 Å². The summed E-state index contributed by atoms with van der Waals surface area (Å²) in [6.07, 6.45) is 1.48. The van der Waals surface area contributed by atoms with E-state index in [0.717, 1.165) is 0 Å². The number of rotatable bonds is 4. The van der Waals surface area contributed by atoms with Crippen LogP contribution in [0.2, 0.25) is 5.02 Å². The Balaban J connectivity index is 1.87. The third-order valence-electron chi connectivity index (χ3n) is 4.75. The van der Waals surface area contributed by atoms with Gasteiger partial charge in [0, 0.05) is 10.6 Å². The smallest absolute Gasteiger partial charge is 0.296 e. The van der Waals surface area contributed by atoms with Crippen LogP contribution in [0.3, 0.4) is 0 Å². The van der Waals surface area contributed by atoms with Gasteiger partial charge in [0.2, 0.25) is 0 Å². The Hall–Kier alpha value is -3.51. The summed E-state index contributed by atoms with van der Waals surface area (Å²) in [6, 6.07) is 15.0. The van der Waals surface area contributed by atoms with Gasteiger partial charge in [-0.05, 0) is 54.1 Å². The molecule has 1 aliphatic heterocycles. The molecule has 0 bridgehead atoms. The molecule has 0 radical (unpaired) electrons. The lowest BCUT2D eigenvalue weighted by atomic mass is 9.95. The van der Waals surface area contributed by atoms with Crippen molar-refractivity contribution in [1.82, 2.24) is 4.90 Å². The van der Waals surface area contributed by atoms with E-state index in [4.69, 9.17) is 16.0 Å². The molecule has 0 spiro atoms. The van der Waals surface area contributed by atoms with Gasteiger partial charge >= 0.3 is 0 Å². The number of ketones is 1. The molecule has 3 aromatic rings. The summed E-state index contributed by atoms with van der Waals surface area (Å²) in [5.41, 5.74) is 0.788. The number of hydrogen-bond acceptors (Lipinski definition) is 5. The number of halogens is 1. The number of aliphatic hydroxyl groups is 1. The molecule has 146 valence electrons. The second-order valence-electron chi connectivity index (χ2n) is 6.61. The van der Waals surface area contributed by atoms with Crippen molar-refractivity contribution in [2.75, 3.05) is 0 Å². The lowest BCUT2D eigenvalue weighted by Gasteiger charge is -2.24. The number of Topliss-reactive ketones (excluding diaryl/α,β-unsaturated/α-hetero) is 1. The predicted octanol–water partition coefficient (Wildman–Crippen LogP) is 4.26. The summed E-state index contributed by atoms with van der Waals surface area (Å²) in [5, 5.41) is 21.3. The number of likely N-dealkylation sites (tertiary alicyclic amines) is 1. The van der Waals surface area contributed by atoms with Gasteiger partial charge in [0.05, 0.1) is 24.4 Å². The fraction of sp³-hybridized carbons (Fsp3) is 0.0909. The zero-order valence-electron chi connectivity index (χ0n) is 15.1. The van der Waals surface area contributed by atoms with Gasteiger partial charge in [0.15, 0.2) is 0 Å². The van der Waals surface area contributed by atoms with Crippen molar-refractivity contribution in [2.45, 2.75) is 12.6 Å². The van der Waals surface area contributed by atoms with Gasteiger partial charge in [0.1, 0.15) is 17.3 Å². The monoisotopic (exact) mass is 409 g/mol. The molecule has 7 heteroatoms. The Morgan fingerprint density at radius 3 is 2.48 bits per heavy atom. The summed E-state index contributed by atoms with van der Waals surface area (Å²) in [6.45, 7) is 0.0370. The minimum atomic E-state index is -0.886. The summed E-state index contributed by atoms with van der Waals surface area (Å²) < 4.78 is 5.33. The average molecular weight is 410 g/mol. The molecule has 1 saturated heterocycles. The van der Waals surface area contributed by atoms with Crippen molar-refractivity contribution in [3.8, 4) is 5.75 Å². The Bertz CT molecular complexity index is 1100. The van der Waals surface area contributed by atoms with Gasteiger partial charge in [-0.3, -0.25) is 9.59 Å². The van der Waals surface area contributed by atoms with Crippen molar-refractivity contribution in [2.24, 2.45) is 0 Å². The van der Waals surface area contributed by atoms with Gasteiger partial charge in [-0.25, -0.2) is 0 Å². The molecule has 2 N–H and O–H groups in total. The van der Waals surface area contributed by atoms with Crippen LogP contribution in [0.4, 0.5) is 0 Å². The van der Waals surface area contributed by atoms with Crippen LogP contribution in [0.5, 0.6) is 5.75 Å². The molecule has 1 fully saturated rings. The van der Waals surface area contributed by atoms with Crippen molar-refractivity contribution < 1.29 is 24.2 Å². The molecule has 0 saturated carbocycles. The van der Waals surface area contributed by atoms with Crippen LogP contribution in [-0.4, -0.2) is 26.8 Å². The van der Waals surface area contributed by atoms with Crippen molar-refractivity contribution in [1.29, 1.82) is 0 Å². The van der Waals surface area contributed by atoms with E-state index in [0.29, 0.717) is 21.9 Å². The number of phenols is 1. The van der Waals surface area contributed by atoms with E-state index >= 15 is 0 Å². The zero-order valence-corrected chi connectivity index (χ0v) is 15.8. The molecule has 0 unspecified atom stereocenters. The molecular weight excluding hydrogens is 394 g/mol. The van der Waals surface area contributed by atoms with Crippen molar-refractivity contribution in [3.63, 3.8) is 0 Å². The number of furan rings is 1. The zero-order chi connectivity index (χ0) is 20.5. The van der Waals surface area contributed by atoms with Crippen LogP contribution in [0.25, 0.3) is 5.76 Å². The van der Waals surface area contributed by atoms with E-state index in [2.05, 4.69) is 0 Å². The third kappa shape index (κ3) is 3.50. The molecule has 4 rings (SSSR count). The number of aliphatic hydroxyl groups excluding tert-OH is 1. The number of hydrogen-bond donors (Lipinski definition) is 2. The fourth-order valence-electron chi connectivity index (χ4n) is 3.42. The normalized spacial score (nSPS) is 18.4. The topological polar surface area (TPSA) is 91.0 Å². The summed E-state index contributed by atoms with van der Waals surface area (Å²) in [5.74, 6) is -1.40. The fourth-order valence-corrected chi connectivity index (χ4v) is 3.54. The molecule has 2 aromatic carbocycles. The highest BCUT2D eigenvalue weighted by Crippen LogP contribution is 2.41. The van der Waals surface area contributed by atoms with Crippen LogP contribution in [0, 0.1) is 0 Å². The van der Waals surface area contributed by atoms with Crippen LogP contribution in [-0.2, 0) is 16.1 Å². The Kier molecular flexibility index (Phi) is 4.86. The number of nitrogens with zero attached hydrogens (tertiary/aromatic N) is 1. The third-order valence-corrected chi connectivity index (χ3v) is 5.00.